The molecule has 0 aliphatic carbocycles. The summed E-state index contributed by atoms with van der Waals surface area (Å²) in [6, 6.07) is 13.3. The number of nitro groups is 1. The summed E-state index contributed by atoms with van der Waals surface area (Å²) >= 11 is 0. The second-order valence-corrected chi connectivity index (χ2v) is 5.16. The van der Waals surface area contributed by atoms with Crippen molar-refractivity contribution in [3.8, 4) is 5.75 Å². The van der Waals surface area contributed by atoms with Gasteiger partial charge in [0.2, 0.25) is 0 Å². The second kappa shape index (κ2) is 7.87. The molecule has 2 aromatic rings. The topological polar surface area (TPSA) is 93.8 Å². The maximum absolute atomic E-state index is 11.9. The standard InChI is InChI=1S/C17H17N3O4/c1-12-5-3-8-16(9-12)24-13(2)17(21)19-18-11-14-6-4-7-15(10-14)20(22)23/h3-11,13H,1-2H3,(H,19,21). The molecule has 2 rings (SSSR count). The van der Waals surface area contributed by atoms with E-state index in [1.165, 1.54) is 18.3 Å². The summed E-state index contributed by atoms with van der Waals surface area (Å²) < 4.78 is 5.54. The van der Waals surface area contributed by atoms with Gasteiger partial charge in [0.1, 0.15) is 5.75 Å². The Morgan fingerprint density at radius 2 is 2.04 bits per heavy atom. The van der Waals surface area contributed by atoms with Crippen LogP contribution >= 0.6 is 0 Å². The van der Waals surface area contributed by atoms with Crippen LogP contribution in [0.1, 0.15) is 18.1 Å². The Morgan fingerprint density at radius 1 is 1.29 bits per heavy atom. The van der Waals surface area contributed by atoms with Crippen LogP contribution in [0.2, 0.25) is 0 Å². The molecule has 1 N–H and O–H groups in total. The predicted octanol–water partition coefficient (Wildman–Crippen LogP) is 2.82. The van der Waals surface area contributed by atoms with Crippen molar-refractivity contribution in [1.82, 2.24) is 5.43 Å². The Bertz CT molecular complexity index is 774. The van der Waals surface area contributed by atoms with Crippen LogP contribution in [-0.2, 0) is 4.79 Å². The van der Waals surface area contributed by atoms with Crippen LogP contribution in [-0.4, -0.2) is 23.1 Å². The molecule has 0 aromatic heterocycles. The molecule has 1 atom stereocenters. The molecule has 1 unspecified atom stereocenters. The third-order valence-corrected chi connectivity index (χ3v) is 3.14. The van der Waals surface area contributed by atoms with E-state index in [0.717, 1.165) is 5.56 Å². The van der Waals surface area contributed by atoms with Crippen LogP contribution < -0.4 is 10.2 Å². The van der Waals surface area contributed by atoms with Crippen molar-refractivity contribution in [3.63, 3.8) is 0 Å². The number of non-ortho nitro benzene ring substituents is 1. The lowest BCUT2D eigenvalue weighted by molar-refractivity contribution is -0.384. The van der Waals surface area contributed by atoms with E-state index in [0.29, 0.717) is 11.3 Å². The number of rotatable bonds is 6. The molecule has 7 heteroatoms. The van der Waals surface area contributed by atoms with Crippen molar-refractivity contribution in [3.05, 3.63) is 69.8 Å². The molecule has 0 aliphatic heterocycles. The van der Waals surface area contributed by atoms with Crippen LogP contribution in [0.5, 0.6) is 5.75 Å². The van der Waals surface area contributed by atoms with Gasteiger partial charge in [0, 0.05) is 17.7 Å². The Kier molecular flexibility index (Phi) is 5.62. The van der Waals surface area contributed by atoms with Gasteiger partial charge in [-0.15, -0.1) is 0 Å². The third-order valence-electron chi connectivity index (χ3n) is 3.14. The van der Waals surface area contributed by atoms with E-state index in [2.05, 4.69) is 10.5 Å². The summed E-state index contributed by atoms with van der Waals surface area (Å²) in [5.41, 5.74) is 3.85. The molecule has 0 aliphatic rings. The van der Waals surface area contributed by atoms with Gasteiger partial charge >= 0.3 is 0 Å². The predicted molar refractivity (Wildman–Crippen MR) is 90.1 cm³/mol. The number of nitrogens with one attached hydrogen (secondary N) is 1. The monoisotopic (exact) mass is 327 g/mol. The summed E-state index contributed by atoms with van der Waals surface area (Å²) in [6.45, 7) is 3.54. The number of amides is 1. The van der Waals surface area contributed by atoms with Crippen LogP contribution in [0.4, 0.5) is 5.69 Å². The van der Waals surface area contributed by atoms with Crippen molar-refractivity contribution in [1.29, 1.82) is 0 Å². The number of hydrogen-bond donors (Lipinski definition) is 1. The summed E-state index contributed by atoms with van der Waals surface area (Å²) in [7, 11) is 0. The second-order valence-electron chi connectivity index (χ2n) is 5.16. The number of nitro benzene ring substituents is 1. The molecular formula is C17H17N3O4. The fraction of sp³-hybridized carbons (Fsp3) is 0.176. The lowest BCUT2D eigenvalue weighted by Gasteiger charge is -2.13. The maximum Gasteiger partial charge on any atom is 0.280 e. The van der Waals surface area contributed by atoms with Gasteiger partial charge in [0.05, 0.1) is 11.1 Å². The van der Waals surface area contributed by atoms with Crippen LogP contribution in [0.3, 0.4) is 0 Å². The Balaban J connectivity index is 1.92. The zero-order chi connectivity index (χ0) is 17.5. The number of aryl methyl sites for hydroxylation is 1. The summed E-state index contributed by atoms with van der Waals surface area (Å²) in [5.74, 6) is 0.179. The molecule has 0 fully saturated rings. The van der Waals surface area contributed by atoms with Crippen molar-refractivity contribution in [2.75, 3.05) is 0 Å². The minimum Gasteiger partial charge on any atom is -0.481 e. The smallest absolute Gasteiger partial charge is 0.280 e. The fourth-order valence-corrected chi connectivity index (χ4v) is 1.93. The van der Waals surface area contributed by atoms with Gasteiger partial charge in [-0.3, -0.25) is 14.9 Å². The average molecular weight is 327 g/mol. The fourth-order valence-electron chi connectivity index (χ4n) is 1.93. The quantitative estimate of drug-likeness (QED) is 0.501. The number of nitrogens with zero attached hydrogens (tertiary/aromatic N) is 2. The van der Waals surface area contributed by atoms with E-state index >= 15 is 0 Å². The summed E-state index contributed by atoms with van der Waals surface area (Å²) in [6.07, 6.45) is 0.610. The zero-order valence-electron chi connectivity index (χ0n) is 13.3. The molecule has 0 saturated heterocycles. The number of carbonyl (C=O) groups is 1. The highest BCUT2D eigenvalue weighted by Crippen LogP contribution is 2.14. The molecule has 24 heavy (non-hydrogen) atoms. The first-order chi connectivity index (χ1) is 11.5. The highest BCUT2D eigenvalue weighted by molar-refractivity contribution is 5.84. The van der Waals surface area contributed by atoms with E-state index in [9.17, 15) is 14.9 Å². The van der Waals surface area contributed by atoms with E-state index in [-0.39, 0.29) is 5.69 Å². The average Bonchev–Trinajstić information content (AvgIpc) is 2.55. The number of benzene rings is 2. The van der Waals surface area contributed by atoms with Gasteiger partial charge in [-0.25, -0.2) is 5.43 Å². The number of hydrogen-bond acceptors (Lipinski definition) is 5. The third kappa shape index (κ3) is 4.91. The molecule has 0 spiro atoms. The van der Waals surface area contributed by atoms with Gasteiger partial charge in [0.15, 0.2) is 6.10 Å². The number of ether oxygens (including phenoxy) is 1. The van der Waals surface area contributed by atoms with Crippen molar-refractivity contribution in [2.45, 2.75) is 20.0 Å². The van der Waals surface area contributed by atoms with Gasteiger partial charge in [0.25, 0.3) is 11.6 Å². The molecule has 0 radical (unpaired) electrons. The number of hydrazone groups is 1. The van der Waals surface area contributed by atoms with E-state index < -0.39 is 16.9 Å². The highest BCUT2D eigenvalue weighted by Gasteiger charge is 2.13. The van der Waals surface area contributed by atoms with Crippen molar-refractivity contribution >= 4 is 17.8 Å². The first-order valence-electron chi connectivity index (χ1n) is 7.26. The first-order valence-corrected chi connectivity index (χ1v) is 7.26. The van der Waals surface area contributed by atoms with Gasteiger partial charge in [-0.1, -0.05) is 24.3 Å². The van der Waals surface area contributed by atoms with Crippen molar-refractivity contribution < 1.29 is 14.5 Å². The van der Waals surface area contributed by atoms with Crippen LogP contribution in [0.25, 0.3) is 0 Å². The highest BCUT2D eigenvalue weighted by atomic mass is 16.6. The zero-order valence-corrected chi connectivity index (χ0v) is 13.3. The van der Waals surface area contributed by atoms with Crippen molar-refractivity contribution in [2.24, 2.45) is 5.10 Å². The number of carbonyl (C=O) groups excluding carboxylic acids is 1. The first kappa shape index (κ1) is 17.1. The van der Waals surface area contributed by atoms with Gasteiger partial charge in [-0.2, -0.15) is 5.10 Å². The molecule has 0 saturated carbocycles. The molecular weight excluding hydrogens is 310 g/mol. The molecule has 1 amide bonds. The molecule has 0 heterocycles. The lowest BCUT2D eigenvalue weighted by atomic mass is 10.2. The summed E-state index contributed by atoms with van der Waals surface area (Å²) in [5, 5.41) is 14.5. The maximum atomic E-state index is 11.9. The molecule has 124 valence electrons. The van der Waals surface area contributed by atoms with E-state index in [1.54, 1.807) is 25.1 Å². The Hall–Kier alpha value is -3.22. The molecule has 2 aromatic carbocycles. The largest absolute Gasteiger partial charge is 0.481 e. The van der Waals surface area contributed by atoms with E-state index in [1.807, 2.05) is 25.1 Å². The SMILES string of the molecule is Cc1cccc(OC(C)C(=O)NN=Cc2cccc([N+](=O)[O-])c2)c1. The van der Waals surface area contributed by atoms with E-state index in [4.69, 9.17) is 4.74 Å². The molecule has 0 bridgehead atoms. The lowest BCUT2D eigenvalue weighted by Crippen LogP contribution is -2.33. The van der Waals surface area contributed by atoms with Gasteiger partial charge in [-0.05, 0) is 31.5 Å². The van der Waals surface area contributed by atoms with Crippen LogP contribution in [0, 0.1) is 17.0 Å². The Morgan fingerprint density at radius 3 is 2.75 bits per heavy atom. The summed E-state index contributed by atoms with van der Waals surface area (Å²) in [4.78, 5) is 22.1. The minimum absolute atomic E-state index is 0.0403. The van der Waals surface area contributed by atoms with Crippen LogP contribution in [0.15, 0.2) is 53.6 Å². The van der Waals surface area contributed by atoms with Gasteiger partial charge < -0.3 is 4.74 Å². The Labute approximate surface area is 139 Å². The molecule has 7 nitrogen and oxygen atoms in total. The minimum atomic E-state index is -0.728. The normalized spacial score (nSPS) is 11.9.